The fourth-order valence-electron chi connectivity index (χ4n) is 4.04. The van der Waals surface area contributed by atoms with Gasteiger partial charge in [-0.3, -0.25) is 4.79 Å². The number of para-hydroxylation sites is 1. The van der Waals surface area contributed by atoms with Gasteiger partial charge in [0, 0.05) is 47.5 Å². The van der Waals surface area contributed by atoms with E-state index in [0.717, 1.165) is 23.2 Å². The summed E-state index contributed by atoms with van der Waals surface area (Å²) in [6.45, 7) is 6.80. The van der Waals surface area contributed by atoms with Crippen molar-refractivity contribution in [3.05, 3.63) is 63.6 Å². The molecule has 1 amide bonds. The van der Waals surface area contributed by atoms with Crippen LogP contribution in [0.15, 0.2) is 42.5 Å². The van der Waals surface area contributed by atoms with Crippen LogP contribution in [0, 0.1) is 5.92 Å². The molecule has 0 spiro atoms. The predicted octanol–water partition coefficient (Wildman–Crippen LogP) is 4.29. The average molecular weight is 464 g/mol. The molecular weight excluding hydrogens is 433 g/mol. The number of hydrogen-bond donors (Lipinski definition) is 2. The van der Waals surface area contributed by atoms with Gasteiger partial charge in [0.25, 0.3) is 0 Å². The lowest BCUT2D eigenvalue weighted by Crippen LogP contribution is -2.53. The Morgan fingerprint density at radius 1 is 1.10 bits per heavy atom. The molecule has 0 radical (unpaired) electrons. The minimum Gasteiger partial charge on any atom is -0.388 e. The maximum absolute atomic E-state index is 12.9. The van der Waals surface area contributed by atoms with E-state index in [1.165, 1.54) is 0 Å². The highest BCUT2D eigenvalue weighted by Gasteiger charge is 2.27. The van der Waals surface area contributed by atoms with Gasteiger partial charge in [-0.05, 0) is 42.5 Å². The van der Waals surface area contributed by atoms with E-state index in [1.54, 1.807) is 12.1 Å². The summed E-state index contributed by atoms with van der Waals surface area (Å²) in [5.41, 5.74) is 9.02. The van der Waals surface area contributed by atoms with Gasteiger partial charge in [-0.25, -0.2) is 0 Å². The number of halogens is 2. The highest BCUT2D eigenvalue weighted by Crippen LogP contribution is 2.31. The number of carbonyl (C=O) groups is 1. The van der Waals surface area contributed by atoms with Crippen molar-refractivity contribution in [2.75, 3.05) is 31.1 Å². The van der Waals surface area contributed by atoms with Crippen molar-refractivity contribution in [1.82, 2.24) is 4.90 Å². The summed E-state index contributed by atoms with van der Waals surface area (Å²) in [5, 5.41) is 11.8. The number of nitrogens with zero attached hydrogens (tertiary/aromatic N) is 2. The number of piperazine rings is 1. The number of aliphatic hydroxyl groups is 1. The van der Waals surface area contributed by atoms with Gasteiger partial charge in [-0.1, -0.05) is 61.3 Å². The van der Waals surface area contributed by atoms with Crippen molar-refractivity contribution >= 4 is 34.8 Å². The summed E-state index contributed by atoms with van der Waals surface area (Å²) < 4.78 is 0. The number of nitrogens with two attached hydrogens (primary N) is 1. The van der Waals surface area contributed by atoms with Crippen LogP contribution in [0.1, 0.15) is 37.5 Å². The molecule has 2 aromatic rings. The molecule has 0 bridgehead atoms. The molecule has 1 heterocycles. The predicted molar refractivity (Wildman–Crippen MR) is 128 cm³/mol. The second-order valence-electron chi connectivity index (χ2n) is 8.56. The molecule has 3 N–H and O–H groups in total. The summed E-state index contributed by atoms with van der Waals surface area (Å²) >= 11 is 12.2. The maximum atomic E-state index is 12.9. The minimum atomic E-state index is -0.648. The Hall–Kier alpha value is -1.79. The fraction of sp³-hybridized carbons (Fsp3) is 0.458. The lowest BCUT2D eigenvalue weighted by Gasteiger charge is -2.38. The summed E-state index contributed by atoms with van der Waals surface area (Å²) in [6.07, 6.45) is 0.602. The van der Waals surface area contributed by atoms with Gasteiger partial charge in [-0.15, -0.1) is 0 Å². The number of benzene rings is 2. The molecule has 0 saturated carbocycles. The van der Waals surface area contributed by atoms with Crippen LogP contribution < -0.4 is 10.6 Å². The van der Waals surface area contributed by atoms with Gasteiger partial charge >= 0.3 is 0 Å². The highest BCUT2D eigenvalue weighted by atomic mass is 35.5. The quantitative estimate of drug-likeness (QED) is 0.642. The molecule has 1 unspecified atom stereocenters. The largest absolute Gasteiger partial charge is 0.388 e. The first-order valence-corrected chi connectivity index (χ1v) is 11.5. The second-order valence-corrected chi connectivity index (χ2v) is 9.41. The fourth-order valence-corrected chi connectivity index (χ4v) is 4.53. The molecule has 31 heavy (non-hydrogen) atoms. The smallest absolute Gasteiger partial charge is 0.239 e. The van der Waals surface area contributed by atoms with Crippen LogP contribution in [0.2, 0.25) is 10.0 Å². The minimum absolute atomic E-state index is 0.0706. The van der Waals surface area contributed by atoms with E-state index < -0.39 is 12.1 Å². The monoisotopic (exact) mass is 463 g/mol. The Bertz CT molecular complexity index is 898. The molecule has 1 aliphatic rings. The van der Waals surface area contributed by atoms with E-state index in [9.17, 15) is 9.90 Å². The van der Waals surface area contributed by atoms with Gasteiger partial charge in [0.1, 0.15) is 0 Å². The number of carbonyl (C=O) groups excluding carboxylic acids is 1. The summed E-state index contributed by atoms with van der Waals surface area (Å²) in [5.74, 6) is 0.340. The van der Waals surface area contributed by atoms with Gasteiger partial charge in [0.15, 0.2) is 0 Å². The van der Waals surface area contributed by atoms with Crippen molar-refractivity contribution in [3.63, 3.8) is 0 Å². The van der Waals surface area contributed by atoms with Crippen molar-refractivity contribution in [3.8, 4) is 0 Å². The number of rotatable bonds is 7. The first-order valence-electron chi connectivity index (χ1n) is 10.8. The standard InChI is InChI=1S/C24H31Cl2N3O2/c1-16(2)13-23(30)19-5-3-4-6-22(19)28-9-11-29(12-10-28)24(31)21(27)14-17-7-8-18(25)15-20(17)26/h3-8,15-16,21,23,30H,9-14,27H2,1-2H3/t21-,23?/m1/s1. The van der Waals surface area contributed by atoms with E-state index in [1.807, 2.05) is 35.2 Å². The molecule has 2 atom stereocenters. The molecule has 2 aromatic carbocycles. The molecule has 1 fully saturated rings. The van der Waals surface area contributed by atoms with E-state index in [4.69, 9.17) is 28.9 Å². The molecule has 1 saturated heterocycles. The first-order chi connectivity index (χ1) is 14.8. The number of aliphatic hydroxyl groups excluding tert-OH is 1. The Balaban J connectivity index is 1.61. The van der Waals surface area contributed by atoms with Crippen LogP contribution in [-0.2, 0) is 11.2 Å². The molecule has 0 aliphatic carbocycles. The summed E-state index contributed by atoms with van der Waals surface area (Å²) in [4.78, 5) is 17.0. The van der Waals surface area contributed by atoms with E-state index in [2.05, 4.69) is 18.7 Å². The van der Waals surface area contributed by atoms with E-state index >= 15 is 0 Å². The normalized spacial score (nSPS) is 16.5. The van der Waals surface area contributed by atoms with Crippen LogP contribution in [0.4, 0.5) is 5.69 Å². The SMILES string of the molecule is CC(C)CC(O)c1ccccc1N1CCN(C(=O)[C@H](N)Cc2ccc(Cl)cc2Cl)CC1. The van der Waals surface area contributed by atoms with Crippen molar-refractivity contribution < 1.29 is 9.90 Å². The van der Waals surface area contributed by atoms with Crippen LogP contribution >= 0.6 is 23.2 Å². The van der Waals surface area contributed by atoms with Crippen molar-refractivity contribution in [1.29, 1.82) is 0 Å². The molecule has 1 aliphatic heterocycles. The molecule has 168 valence electrons. The third-order valence-electron chi connectivity index (χ3n) is 5.69. The molecule has 3 rings (SSSR count). The van der Waals surface area contributed by atoms with Gasteiger partial charge < -0.3 is 20.6 Å². The Labute approximate surface area is 194 Å². The van der Waals surface area contributed by atoms with Crippen LogP contribution in [0.5, 0.6) is 0 Å². The molecule has 7 heteroatoms. The lowest BCUT2D eigenvalue weighted by molar-refractivity contribution is -0.132. The third kappa shape index (κ3) is 6.13. The van der Waals surface area contributed by atoms with Gasteiger partial charge in [-0.2, -0.15) is 0 Å². The van der Waals surface area contributed by atoms with Crippen molar-refractivity contribution in [2.45, 2.75) is 38.8 Å². The van der Waals surface area contributed by atoms with Crippen LogP contribution in [0.25, 0.3) is 0 Å². The zero-order valence-corrected chi connectivity index (χ0v) is 19.6. The van der Waals surface area contributed by atoms with Crippen LogP contribution in [-0.4, -0.2) is 48.1 Å². The van der Waals surface area contributed by atoms with E-state index in [0.29, 0.717) is 48.6 Å². The highest BCUT2D eigenvalue weighted by molar-refractivity contribution is 6.35. The molecule has 5 nitrogen and oxygen atoms in total. The Kier molecular flexibility index (Phi) is 8.23. The molecule has 0 aromatic heterocycles. The zero-order valence-electron chi connectivity index (χ0n) is 18.1. The topological polar surface area (TPSA) is 69.8 Å². The van der Waals surface area contributed by atoms with E-state index in [-0.39, 0.29) is 5.91 Å². The van der Waals surface area contributed by atoms with Gasteiger partial charge in [0.2, 0.25) is 5.91 Å². The Morgan fingerprint density at radius 3 is 2.42 bits per heavy atom. The number of anilines is 1. The van der Waals surface area contributed by atoms with Crippen molar-refractivity contribution in [2.24, 2.45) is 11.7 Å². The second kappa shape index (κ2) is 10.7. The third-order valence-corrected chi connectivity index (χ3v) is 6.28. The van der Waals surface area contributed by atoms with Crippen LogP contribution in [0.3, 0.4) is 0 Å². The average Bonchev–Trinajstić information content (AvgIpc) is 2.74. The summed E-state index contributed by atoms with van der Waals surface area (Å²) in [6, 6.07) is 12.6. The number of amides is 1. The zero-order chi connectivity index (χ0) is 22.5. The lowest BCUT2D eigenvalue weighted by atomic mass is 9.97. The summed E-state index contributed by atoms with van der Waals surface area (Å²) in [7, 11) is 0. The maximum Gasteiger partial charge on any atom is 0.239 e. The molecular formula is C24H31Cl2N3O2. The first kappa shape index (κ1) is 23.9. The number of hydrogen-bond acceptors (Lipinski definition) is 4. The Morgan fingerprint density at radius 2 is 1.77 bits per heavy atom. The van der Waals surface area contributed by atoms with Gasteiger partial charge in [0.05, 0.1) is 12.1 Å².